The van der Waals surface area contributed by atoms with Gasteiger partial charge in [0.25, 0.3) is 5.91 Å². The third-order valence-corrected chi connectivity index (χ3v) is 2.16. The van der Waals surface area contributed by atoms with Gasteiger partial charge in [0.05, 0.1) is 6.20 Å². The van der Waals surface area contributed by atoms with Crippen molar-refractivity contribution in [2.45, 2.75) is 13.8 Å². The number of hydrogen-bond acceptors (Lipinski definition) is 3. The third-order valence-electron chi connectivity index (χ3n) is 2.16. The van der Waals surface area contributed by atoms with Crippen molar-refractivity contribution in [2.75, 3.05) is 13.1 Å². The van der Waals surface area contributed by atoms with Crippen LogP contribution in [0.15, 0.2) is 6.20 Å². The standard InChI is InChI=1S/C8H12N4O/c1-8(2)4-12(5-8)7(13)6-3-9-11-10-6/h3H,4-5H2,1-2H3,(H,9,10,11). The van der Waals surface area contributed by atoms with Crippen LogP contribution in [0.3, 0.4) is 0 Å². The van der Waals surface area contributed by atoms with Crippen LogP contribution in [0.2, 0.25) is 0 Å². The Morgan fingerprint density at radius 2 is 2.31 bits per heavy atom. The summed E-state index contributed by atoms with van der Waals surface area (Å²) in [4.78, 5) is 13.4. The monoisotopic (exact) mass is 180 g/mol. The molecule has 0 atom stereocenters. The SMILES string of the molecule is CC1(C)CN(C(=O)c2cn[nH]n2)C1. The van der Waals surface area contributed by atoms with E-state index in [1.807, 2.05) is 0 Å². The van der Waals surface area contributed by atoms with Gasteiger partial charge in [0, 0.05) is 13.1 Å². The van der Waals surface area contributed by atoms with E-state index < -0.39 is 0 Å². The quantitative estimate of drug-likeness (QED) is 0.675. The lowest BCUT2D eigenvalue weighted by atomic mass is 9.84. The first kappa shape index (κ1) is 8.22. The van der Waals surface area contributed by atoms with Crippen LogP contribution >= 0.6 is 0 Å². The van der Waals surface area contributed by atoms with Crippen LogP contribution in [0.25, 0.3) is 0 Å². The number of H-pyrrole nitrogens is 1. The Hall–Kier alpha value is -1.39. The van der Waals surface area contributed by atoms with Gasteiger partial charge >= 0.3 is 0 Å². The minimum Gasteiger partial charge on any atom is -0.336 e. The molecule has 1 fully saturated rings. The van der Waals surface area contributed by atoms with Crippen LogP contribution < -0.4 is 0 Å². The summed E-state index contributed by atoms with van der Waals surface area (Å²) in [5.41, 5.74) is 0.662. The molecule has 1 aliphatic heterocycles. The van der Waals surface area contributed by atoms with Crippen LogP contribution in [0, 0.1) is 5.41 Å². The highest BCUT2D eigenvalue weighted by molar-refractivity contribution is 5.92. The van der Waals surface area contributed by atoms with Crippen molar-refractivity contribution < 1.29 is 4.79 Å². The molecule has 0 saturated carbocycles. The number of amides is 1. The van der Waals surface area contributed by atoms with Gasteiger partial charge in [-0.25, -0.2) is 0 Å². The molecule has 0 bridgehead atoms. The number of rotatable bonds is 1. The summed E-state index contributed by atoms with van der Waals surface area (Å²) in [5.74, 6) is -0.0342. The molecule has 1 aromatic rings. The van der Waals surface area contributed by atoms with Crippen LogP contribution in [-0.4, -0.2) is 39.3 Å². The van der Waals surface area contributed by atoms with Crippen molar-refractivity contribution in [3.63, 3.8) is 0 Å². The molecular weight excluding hydrogens is 168 g/mol. The van der Waals surface area contributed by atoms with Crippen LogP contribution in [0.5, 0.6) is 0 Å². The second-order valence-corrected chi connectivity index (χ2v) is 4.18. The van der Waals surface area contributed by atoms with Crippen molar-refractivity contribution in [2.24, 2.45) is 5.41 Å². The van der Waals surface area contributed by atoms with E-state index in [9.17, 15) is 4.79 Å². The Morgan fingerprint density at radius 3 is 2.77 bits per heavy atom. The predicted molar refractivity (Wildman–Crippen MR) is 46.1 cm³/mol. The van der Waals surface area contributed by atoms with E-state index in [-0.39, 0.29) is 11.3 Å². The number of aromatic amines is 1. The number of hydrogen-bond donors (Lipinski definition) is 1. The van der Waals surface area contributed by atoms with Gasteiger partial charge in [-0.05, 0) is 5.41 Å². The maximum atomic E-state index is 11.6. The summed E-state index contributed by atoms with van der Waals surface area (Å²) in [6.45, 7) is 5.89. The highest BCUT2D eigenvalue weighted by atomic mass is 16.2. The lowest BCUT2D eigenvalue weighted by Crippen LogP contribution is -2.55. The molecule has 0 aliphatic carbocycles. The average Bonchev–Trinajstić information content (AvgIpc) is 2.50. The zero-order valence-corrected chi connectivity index (χ0v) is 7.74. The van der Waals surface area contributed by atoms with Gasteiger partial charge in [0.1, 0.15) is 0 Å². The molecule has 0 spiro atoms. The van der Waals surface area contributed by atoms with E-state index in [0.29, 0.717) is 5.69 Å². The van der Waals surface area contributed by atoms with Crippen LogP contribution in [-0.2, 0) is 0 Å². The van der Waals surface area contributed by atoms with Gasteiger partial charge in [0.15, 0.2) is 5.69 Å². The second-order valence-electron chi connectivity index (χ2n) is 4.18. The number of nitrogens with one attached hydrogen (secondary N) is 1. The van der Waals surface area contributed by atoms with Crippen molar-refractivity contribution in [1.29, 1.82) is 0 Å². The normalized spacial score (nSPS) is 19.7. The van der Waals surface area contributed by atoms with E-state index in [0.717, 1.165) is 13.1 Å². The first-order valence-corrected chi connectivity index (χ1v) is 4.23. The number of aromatic nitrogens is 3. The molecule has 1 aromatic heterocycles. The molecule has 1 saturated heterocycles. The fourth-order valence-electron chi connectivity index (χ4n) is 1.60. The molecule has 5 heteroatoms. The topological polar surface area (TPSA) is 61.9 Å². The summed E-state index contributed by atoms with van der Waals surface area (Å²) >= 11 is 0. The molecule has 0 aromatic carbocycles. The molecule has 0 radical (unpaired) electrons. The molecule has 5 nitrogen and oxygen atoms in total. The Kier molecular flexibility index (Phi) is 1.61. The molecular formula is C8H12N4O. The summed E-state index contributed by atoms with van der Waals surface area (Å²) in [6, 6.07) is 0. The van der Waals surface area contributed by atoms with Gasteiger partial charge in [-0.15, -0.1) is 0 Å². The Morgan fingerprint density at radius 1 is 1.62 bits per heavy atom. The lowest BCUT2D eigenvalue weighted by Gasteiger charge is -2.45. The highest BCUT2D eigenvalue weighted by Gasteiger charge is 2.38. The molecule has 2 rings (SSSR count). The van der Waals surface area contributed by atoms with Gasteiger partial charge in [0.2, 0.25) is 0 Å². The predicted octanol–water partition coefficient (Wildman–Crippen LogP) is 0.287. The number of carbonyl (C=O) groups excluding carboxylic acids is 1. The average molecular weight is 180 g/mol. The minimum absolute atomic E-state index is 0.0342. The molecule has 2 heterocycles. The fourth-order valence-corrected chi connectivity index (χ4v) is 1.60. The molecule has 70 valence electrons. The molecule has 1 aliphatic rings. The Bertz CT molecular complexity index is 309. The summed E-state index contributed by atoms with van der Waals surface area (Å²) in [6.07, 6.45) is 1.45. The summed E-state index contributed by atoms with van der Waals surface area (Å²) in [7, 11) is 0. The first-order valence-electron chi connectivity index (χ1n) is 4.23. The number of carbonyl (C=O) groups is 1. The highest BCUT2D eigenvalue weighted by Crippen LogP contribution is 2.29. The van der Waals surface area contributed by atoms with Crippen molar-refractivity contribution in [3.05, 3.63) is 11.9 Å². The lowest BCUT2D eigenvalue weighted by molar-refractivity contribution is 0.0231. The number of likely N-dealkylation sites (tertiary alicyclic amines) is 1. The van der Waals surface area contributed by atoms with E-state index in [2.05, 4.69) is 29.3 Å². The van der Waals surface area contributed by atoms with E-state index in [1.54, 1.807) is 4.90 Å². The molecule has 1 N–H and O–H groups in total. The summed E-state index contributed by atoms with van der Waals surface area (Å²) in [5, 5.41) is 9.76. The summed E-state index contributed by atoms with van der Waals surface area (Å²) < 4.78 is 0. The van der Waals surface area contributed by atoms with Crippen molar-refractivity contribution in [1.82, 2.24) is 20.3 Å². The maximum Gasteiger partial charge on any atom is 0.276 e. The van der Waals surface area contributed by atoms with Crippen molar-refractivity contribution >= 4 is 5.91 Å². The smallest absolute Gasteiger partial charge is 0.276 e. The van der Waals surface area contributed by atoms with Gasteiger partial charge < -0.3 is 4.90 Å². The molecule has 1 amide bonds. The zero-order chi connectivity index (χ0) is 9.47. The fraction of sp³-hybridized carbons (Fsp3) is 0.625. The van der Waals surface area contributed by atoms with E-state index >= 15 is 0 Å². The van der Waals surface area contributed by atoms with E-state index in [1.165, 1.54) is 6.20 Å². The van der Waals surface area contributed by atoms with Crippen LogP contribution in [0.1, 0.15) is 24.3 Å². The Labute approximate surface area is 76.1 Å². The van der Waals surface area contributed by atoms with Gasteiger partial charge in [-0.1, -0.05) is 13.8 Å². The first-order chi connectivity index (χ1) is 6.08. The zero-order valence-electron chi connectivity index (χ0n) is 7.74. The second kappa shape index (κ2) is 2.55. The van der Waals surface area contributed by atoms with E-state index in [4.69, 9.17) is 0 Å². The molecule has 0 unspecified atom stereocenters. The van der Waals surface area contributed by atoms with Gasteiger partial charge in [-0.3, -0.25) is 4.79 Å². The van der Waals surface area contributed by atoms with Gasteiger partial charge in [-0.2, -0.15) is 15.4 Å². The van der Waals surface area contributed by atoms with Crippen molar-refractivity contribution in [3.8, 4) is 0 Å². The van der Waals surface area contributed by atoms with Crippen LogP contribution in [0.4, 0.5) is 0 Å². The number of nitrogens with zero attached hydrogens (tertiary/aromatic N) is 3. The molecule has 13 heavy (non-hydrogen) atoms. The maximum absolute atomic E-state index is 11.6. The minimum atomic E-state index is -0.0342. The third kappa shape index (κ3) is 1.41. The Balaban J connectivity index is 2.02. The largest absolute Gasteiger partial charge is 0.336 e.